The van der Waals surface area contributed by atoms with Crippen LogP contribution in [0.3, 0.4) is 0 Å². The summed E-state index contributed by atoms with van der Waals surface area (Å²) in [6, 6.07) is 2.19. The summed E-state index contributed by atoms with van der Waals surface area (Å²) in [6.45, 7) is 0. The molecular formula is C16H15ClF4N2O5. The lowest BCUT2D eigenvalue weighted by molar-refractivity contribution is -0.216. The Morgan fingerprint density at radius 1 is 1.29 bits per heavy atom. The lowest BCUT2D eigenvalue weighted by atomic mass is 9.92. The SMILES string of the molecule is N[C@H]1C[C@H]2O[C@@H]1C[C@@H]2NC(=O)C(OC(=O)C(F)(F)F)Oc1ccc(Cl)c(F)c1. The number of fused-ring (bicyclic) bond motifs is 2. The highest BCUT2D eigenvalue weighted by atomic mass is 35.5. The average Bonchev–Trinajstić information content (AvgIpc) is 3.15. The third kappa shape index (κ3) is 4.47. The first-order chi connectivity index (χ1) is 13.0. The van der Waals surface area contributed by atoms with Gasteiger partial charge in [-0.15, -0.1) is 0 Å². The maximum Gasteiger partial charge on any atom is 0.491 e. The number of ether oxygens (including phenoxy) is 3. The normalized spacial score (nSPS) is 27.4. The van der Waals surface area contributed by atoms with Crippen molar-refractivity contribution in [2.75, 3.05) is 0 Å². The number of hydrogen-bond donors (Lipinski definition) is 2. The summed E-state index contributed by atoms with van der Waals surface area (Å²) >= 11 is 5.52. The van der Waals surface area contributed by atoms with Gasteiger partial charge in [0.15, 0.2) is 0 Å². The molecule has 0 saturated carbocycles. The third-order valence-electron chi connectivity index (χ3n) is 4.39. The van der Waals surface area contributed by atoms with Gasteiger partial charge in [-0.3, -0.25) is 4.79 Å². The number of hydrogen-bond acceptors (Lipinski definition) is 6. The van der Waals surface area contributed by atoms with E-state index in [9.17, 15) is 27.2 Å². The average molecular weight is 427 g/mol. The molecule has 1 unspecified atom stereocenters. The largest absolute Gasteiger partial charge is 0.491 e. The molecule has 28 heavy (non-hydrogen) atoms. The number of rotatable bonds is 5. The first-order valence-corrected chi connectivity index (χ1v) is 8.53. The van der Waals surface area contributed by atoms with E-state index in [0.717, 1.165) is 18.2 Å². The fourth-order valence-electron chi connectivity index (χ4n) is 3.06. The molecule has 3 N–H and O–H groups in total. The molecular weight excluding hydrogens is 412 g/mol. The van der Waals surface area contributed by atoms with Gasteiger partial charge in [0.2, 0.25) is 0 Å². The van der Waals surface area contributed by atoms with Crippen molar-refractivity contribution in [2.24, 2.45) is 5.73 Å². The zero-order valence-electron chi connectivity index (χ0n) is 14.0. The van der Waals surface area contributed by atoms with Gasteiger partial charge in [0, 0.05) is 12.1 Å². The molecule has 7 nitrogen and oxygen atoms in total. The monoisotopic (exact) mass is 426 g/mol. The highest BCUT2D eigenvalue weighted by Gasteiger charge is 2.48. The van der Waals surface area contributed by atoms with Gasteiger partial charge in [0.25, 0.3) is 0 Å². The summed E-state index contributed by atoms with van der Waals surface area (Å²) < 4.78 is 65.7. The van der Waals surface area contributed by atoms with Crippen molar-refractivity contribution in [3.05, 3.63) is 29.0 Å². The van der Waals surface area contributed by atoms with E-state index in [1.54, 1.807) is 0 Å². The van der Waals surface area contributed by atoms with Gasteiger partial charge in [-0.1, -0.05) is 11.6 Å². The van der Waals surface area contributed by atoms with Crippen LogP contribution in [-0.2, 0) is 19.1 Å². The second-order valence-electron chi connectivity index (χ2n) is 6.39. The Morgan fingerprint density at radius 3 is 2.54 bits per heavy atom. The molecule has 2 saturated heterocycles. The molecule has 12 heteroatoms. The van der Waals surface area contributed by atoms with Gasteiger partial charge >= 0.3 is 24.3 Å². The van der Waals surface area contributed by atoms with E-state index in [1.165, 1.54) is 0 Å². The Balaban J connectivity index is 1.72. The van der Waals surface area contributed by atoms with Crippen LogP contribution < -0.4 is 15.8 Å². The Labute approximate surface area is 161 Å². The smallest absolute Gasteiger partial charge is 0.446 e. The van der Waals surface area contributed by atoms with Crippen LogP contribution in [0.4, 0.5) is 17.6 Å². The minimum Gasteiger partial charge on any atom is -0.446 e. The van der Waals surface area contributed by atoms with Crippen LogP contribution in [0, 0.1) is 5.82 Å². The van der Waals surface area contributed by atoms with E-state index in [0.29, 0.717) is 12.8 Å². The van der Waals surface area contributed by atoms with Crippen molar-refractivity contribution >= 4 is 23.5 Å². The predicted octanol–water partition coefficient (Wildman–Crippen LogP) is 1.66. The molecule has 2 bridgehead atoms. The number of nitrogens with one attached hydrogen (secondary N) is 1. The van der Waals surface area contributed by atoms with Crippen LogP contribution in [0.25, 0.3) is 0 Å². The molecule has 1 aromatic carbocycles. The fraction of sp³-hybridized carbons (Fsp3) is 0.500. The van der Waals surface area contributed by atoms with E-state index in [1.807, 2.05) is 0 Å². The summed E-state index contributed by atoms with van der Waals surface area (Å²) in [5.41, 5.74) is 5.81. The number of nitrogens with two attached hydrogens (primary N) is 1. The number of esters is 1. The summed E-state index contributed by atoms with van der Waals surface area (Å²) in [4.78, 5) is 23.5. The fourth-order valence-corrected chi connectivity index (χ4v) is 3.18. The van der Waals surface area contributed by atoms with Crippen LogP contribution in [0.15, 0.2) is 18.2 Å². The summed E-state index contributed by atoms with van der Waals surface area (Å²) in [7, 11) is 0. The molecule has 0 spiro atoms. The Kier molecular flexibility index (Phi) is 5.69. The summed E-state index contributed by atoms with van der Waals surface area (Å²) in [5, 5.41) is 2.16. The van der Waals surface area contributed by atoms with Crippen LogP contribution in [0.2, 0.25) is 5.02 Å². The molecule has 154 valence electrons. The molecule has 1 aromatic rings. The van der Waals surface area contributed by atoms with E-state index >= 15 is 0 Å². The standard InChI is InChI=1S/C16H15ClF4N2O5/c17-7-2-1-6(3-8(7)18)26-14(28-15(25)16(19,20)21)13(24)23-10-5-11-9(22)4-12(10)27-11/h1-3,9-12,14H,4-5,22H2,(H,23,24)/t9-,10-,11+,12+,14?/m0/s1. The van der Waals surface area contributed by atoms with Crippen LogP contribution >= 0.6 is 11.6 Å². The highest BCUT2D eigenvalue weighted by Crippen LogP contribution is 2.34. The predicted molar refractivity (Wildman–Crippen MR) is 85.8 cm³/mol. The van der Waals surface area contributed by atoms with Gasteiger partial charge in [0.05, 0.1) is 23.3 Å². The minimum absolute atomic E-state index is 0.190. The second-order valence-corrected chi connectivity index (χ2v) is 6.80. The summed E-state index contributed by atoms with van der Waals surface area (Å²) in [5.74, 6) is -5.07. The molecule has 5 atom stereocenters. The highest BCUT2D eigenvalue weighted by molar-refractivity contribution is 6.30. The van der Waals surface area contributed by atoms with Crippen LogP contribution in [0.5, 0.6) is 5.75 Å². The van der Waals surface area contributed by atoms with Gasteiger partial charge in [-0.25, -0.2) is 9.18 Å². The molecule has 0 aliphatic carbocycles. The first kappa shape index (κ1) is 20.6. The van der Waals surface area contributed by atoms with Gasteiger partial charge < -0.3 is 25.3 Å². The van der Waals surface area contributed by atoms with Crippen molar-refractivity contribution in [3.8, 4) is 5.75 Å². The number of carbonyl (C=O) groups is 2. The molecule has 0 aromatic heterocycles. The molecule has 1 amide bonds. The van der Waals surface area contributed by atoms with Crippen LogP contribution in [-0.4, -0.2) is 48.6 Å². The quantitative estimate of drug-likeness (QED) is 0.422. The molecule has 2 fully saturated rings. The minimum atomic E-state index is -5.35. The molecule has 3 rings (SSSR count). The molecule has 0 radical (unpaired) electrons. The number of halogens is 5. The van der Waals surface area contributed by atoms with Crippen molar-refractivity contribution in [1.82, 2.24) is 5.32 Å². The zero-order valence-corrected chi connectivity index (χ0v) is 14.8. The Bertz CT molecular complexity index is 776. The van der Waals surface area contributed by atoms with E-state index in [2.05, 4.69) is 10.1 Å². The van der Waals surface area contributed by atoms with Crippen molar-refractivity contribution < 1.29 is 41.4 Å². The van der Waals surface area contributed by atoms with Gasteiger partial charge in [0.1, 0.15) is 11.6 Å². The molecule has 2 heterocycles. The Hall–Kier alpha value is -2.11. The van der Waals surface area contributed by atoms with Gasteiger partial charge in [-0.05, 0) is 25.0 Å². The maximum absolute atomic E-state index is 13.5. The maximum atomic E-state index is 13.5. The third-order valence-corrected chi connectivity index (χ3v) is 4.69. The summed E-state index contributed by atoms with van der Waals surface area (Å²) in [6.07, 6.45) is -7.52. The number of benzene rings is 1. The lowest BCUT2D eigenvalue weighted by Crippen LogP contribution is -2.51. The lowest BCUT2D eigenvalue weighted by Gasteiger charge is -2.25. The zero-order chi connectivity index (χ0) is 20.6. The van der Waals surface area contributed by atoms with Crippen molar-refractivity contribution in [3.63, 3.8) is 0 Å². The van der Waals surface area contributed by atoms with Crippen molar-refractivity contribution in [1.29, 1.82) is 0 Å². The Morgan fingerprint density at radius 2 is 2.00 bits per heavy atom. The van der Waals surface area contributed by atoms with E-state index < -0.39 is 42.3 Å². The molecule has 2 aliphatic heterocycles. The van der Waals surface area contributed by atoms with E-state index in [-0.39, 0.29) is 22.9 Å². The van der Waals surface area contributed by atoms with E-state index in [4.69, 9.17) is 26.8 Å². The first-order valence-electron chi connectivity index (χ1n) is 8.15. The van der Waals surface area contributed by atoms with Crippen molar-refractivity contribution in [2.45, 2.75) is 49.6 Å². The topological polar surface area (TPSA) is 99.9 Å². The number of carbonyl (C=O) groups excluding carboxylic acids is 2. The molecule has 2 aliphatic rings. The van der Waals surface area contributed by atoms with Crippen LogP contribution in [0.1, 0.15) is 12.8 Å². The number of alkyl halides is 3. The number of amides is 1. The second kappa shape index (κ2) is 7.72. The van der Waals surface area contributed by atoms with Gasteiger partial charge in [-0.2, -0.15) is 13.2 Å².